The molecule has 1 aliphatic heterocycles. The maximum absolute atomic E-state index is 10.8. The molecule has 2 aromatic carbocycles. The van der Waals surface area contributed by atoms with Crippen LogP contribution in [0.5, 0.6) is 0 Å². The first-order valence-electron chi connectivity index (χ1n) is 5.88. The van der Waals surface area contributed by atoms with Crippen molar-refractivity contribution in [2.24, 2.45) is 15.7 Å². The summed E-state index contributed by atoms with van der Waals surface area (Å²) in [5.74, 6) is 0. The standard InChI is InChI=1S/C13H8N2OSe.CH3NO2/c16-17-13-14-11-7-6-10(8-12(11)15-13)9-4-2-1-3-5-9;2-1(3)4/h1-8H;2H2,(H,3,4). The third-order valence-corrected chi connectivity index (χ3v) is 3.29. The van der Waals surface area contributed by atoms with E-state index in [1.165, 1.54) is 0 Å². The van der Waals surface area contributed by atoms with Gasteiger partial charge in [0.1, 0.15) is 0 Å². The van der Waals surface area contributed by atoms with E-state index in [0.29, 0.717) is 4.67 Å². The number of rotatable bonds is 1. The molecule has 3 N–H and O–H groups in total. The van der Waals surface area contributed by atoms with Gasteiger partial charge in [0.25, 0.3) is 0 Å². The Balaban J connectivity index is 0.000000361. The van der Waals surface area contributed by atoms with E-state index in [4.69, 9.17) is 9.90 Å². The summed E-state index contributed by atoms with van der Waals surface area (Å²) in [6.45, 7) is 0. The Morgan fingerprint density at radius 2 is 1.62 bits per heavy atom. The van der Waals surface area contributed by atoms with Crippen LogP contribution in [0.3, 0.4) is 0 Å². The predicted octanol–water partition coefficient (Wildman–Crippen LogP) is 0.367. The molecule has 106 valence electrons. The fourth-order valence-electron chi connectivity index (χ4n) is 1.79. The minimum atomic E-state index is -1.33. The average molecular weight is 348 g/mol. The molecule has 0 unspecified atom stereocenters. The van der Waals surface area contributed by atoms with Gasteiger partial charge in [0.2, 0.25) is 0 Å². The maximum atomic E-state index is 10.8. The molecule has 1 amide bonds. The topological polar surface area (TPSA) is 105 Å². The van der Waals surface area contributed by atoms with Crippen molar-refractivity contribution in [3.63, 3.8) is 0 Å². The van der Waals surface area contributed by atoms with Crippen LogP contribution in [-0.2, 0) is 3.83 Å². The van der Waals surface area contributed by atoms with Crippen molar-refractivity contribution in [2.75, 3.05) is 0 Å². The zero-order valence-corrected chi connectivity index (χ0v) is 12.5. The third kappa shape index (κ3) is 3.98. The van der Waals surface area contributed by atoms with E-state index in [9.17, 15) is 3.83 Å². The van der Waals surface area contributed by atoms with Crippen LogP contribution in [-0.4, -0.2) is 30.3 Å². The van der Waals surface area contributed by atoms with Gasteiger partial charge in [-0.15, -0.1) is 0 Å². The van der Waals surface area contributed by atoms with Crippen LogP contribution in [0.1, 0.15) is 0 Å². The molecule has 0 bridgehead atoms. The van der Waals surface area contributed by atoms with Crippen LogP contribution in [0.15, 0.2) is 58.5 Å². The van der Waals surface area contributed by atoms with E-state index >= 15 is 0 Å². The van der Waals surface area contributed by atoms with Crippen LogP contribution in [0.25, 0.3) is 11.1 Å². The van der Waals surface area contributed by atoms with Crippen molar-refractivity contribution in [1.29, 1.82) is 0 Å². The first kappa shape index (κ1) is 14.9. The molecule has 7 heteroatoms. The number of hydrogen-bond acceptors (Lipinski definition) is 4. The van der Waals surface area contributed by atoms with E-state index in [1.54, 1.807) is 0 Å². The molecule has 0 aliphatic carbocycles. The van der Waals surface area contributed by atoms with Gasteiger partial charge in [-0.3, -0.25) is 0 Å². The molecular formula is C14H11N3O3Se. The van der Waals surface area contributed by atoms with Gasteiger partial charge in [-0.2, -0.15) is 0 Å². The summed E-state index contributed by atoms with van der Waals surface area (Å²) in [6.07, 6.45) is -1.33. The minimum absolute atomic E-state index is 0.428. The summed E-state index contributed by atoms with van der Waals surface area (Å²) in [4.78, 5) is 17.2. The SMILES string of the molecule is NC(=O)O.O=[Se]=C1N=c2ccc(-c3ccccc3)cc2=N1. The predicted molar refractivity (Wildman–Crippen MR) is 77.8 cm³/mol. The molecule has 0 aromatic heterocycles. The summed E-state index contributed by atoms with van der Waals surface area (Å²) >= 11 is -0.883. The van der Waals surface area contributed by atoms with E-state index in [2.05, 4.69) is 27.9 Å². The number of nitrogens with zero attached hydrogens (tertiary/aromatic N) is 2. The number of carboxylic acid groups (broad SMARTS) is 1. The van der Waals surface area contributed by atoms with E-state index < -0.39 is 20.5 Å². The summed E-state index contributed by atoms with van der Waals surface area (Å²) in [7, 11) is 0. The van der Waals surface area contributed by atoms with Gasteiger partial charge >= 0.3 is 109 Å². The van der Waals surface area contributed by atoms with E-state index in [-0.39, 0.29) is 0 Å². The number of primary amides is 1. The third-order valence-electron chi connectivity index (χ3n) is 2.59. The van der Waals surface area contributed by atoms with Crippen molar-refractivity contribution in [3.05, 3.63) is 59.2 Å². The second kappa shape index (κ2) is 6.78. The fraction of sp³-hybridized carbons (Fsp3) is 0. The molecule has 0 atom stereocenters. The molecule has 6 nitrogen and oxygen atoms in total. The molecule has 1 heterocycles. The van der Waals surface area contributed by atoms with Crippen molar-refractivity contribution in [3.8, 4) is 11.1 Å². The summed E-state index contributed by atoms with van der Waals surface area (Å²) in [6, 6.07) is 16.0. The quantitative estimate of drug-likeness (QED) is 0.727. The Kier molecular flexibility index (Phi) is 4.81. The Bertz CT molecular complexity index is 840. The second-order valence-corrected chi connectivity index (χ2v) is 5.11. The molecule has 3 rings (SSSR count). The molecule has 1 aliphatic rings. The molecule has 0 saturated heterocycles. The van der Waals surface area contributed by atoms with Crippen molar-refractivity contribution in [1.82, 2.24) is 0 Å². The summed E-state index contributed by atoms with van der Waals surface area (Å²) < 4.78 is 11.2. The average Bonchev–Trinajstić information content (AvgIpc) is 2.89. The number of carbonyl (C=O) groups is 1. The Morgan fingerprint density at radius 1 is 1.00 bits per heavy atom. The zero-order chi connectivity index (χ0) is 15.2. The monoisotopic (exact) mass is 349 g/mol. The molecule has 0 radical (unpaired) electrons. The van der Waals surface area contributed by atoms with Gasteiger partial charge < -0.3 is 10.8 Å². The van der Waals surface area contributed by atoms with Gasteiger partial charge in [0.05, 0.1) is 0 Å². The van der Waals surface area contributed by atoms with Crippen LogP contribution < -0.4 is 16.4 Å². The zero-order valence-electron chi connectivity index (χ0n) is 10.8. The normalized spacial score (nSPS) is 11.3. The molecule has 0 saturated carbocycles. The van der Waals surface area contributed by atoms with Crippen LogP contribution in [0.4, 0.5) is 4.79 Å². The number of benzene rings is 2. The fourth-order valence-corrected chi connectivity index (χ4v) is 2.36. The van der Waals surface area contributed by atoms with Gasteiger partial charge in [0, 0.05) is 0 Å². The molecule has 0 fully saturated rings. The number of fused-ring (bicyclic) bond motifs is 1. The van der Waals surface area contributed by atoms with Crippen LogP contribution in [0, 0.1) is 0 Å². The van der Waals surface area contributed by atoms with Gasteiger partial charge in [0.15, 0.2) is 0 Å². The van der Waals surface area contributed by atoms with Gasteiger partial charge in [-0.1, -0.05) is 0 Å². The molecule has 0 spiro atoms. The first-order valence-corrected chi connectivity index (χ1v) is 7.44. The van der Waals surface area contributed by atoms with Gasteiger partial charge in [-0.25, -0.2) is 4.79 Å². The molecular weight excluding hydrogens is 337 g/mol. The number of amides is 1. The second-order valence-electron chi connectivity index (χ2n) is 4.00. The van der Waals surface area contributed by atoms with Crippen LogP contribution >= 0.6 is 0 Å². The Labute approximate surface area is 125 Å². The number of hydrogen-bond donors (Lipinski definition) is 2. The van der Waals surface area contributed by atoms with E-state index in [1.807, 2.05) is 36.4 Å². The van der Waals surface area contributed by atoms with Gasteiger partial charge in [-0.05, 0) is 0 Å². The number of nitrogens with two attached hydrogens (primary N) is 1. The van der Waals surface area contributed by atoms with E-state index in [0.717, 1.165) is 21.8 Å². The molecule has 2 aromatic rings. The van der Waals surface area contributed by atoms with Crippen molar-refractivity contribution < 1.29 is 13.7 Å². The Hall–Kier alpha value is -2.50. The Morgan fingerprint density at radius 3 is 2.24 bits per heavy atom. The van der Waals surface area contributed by atoms with Crippen molar-refractivity contribution >= 4 is 25.2 Å². The summed E-state index contributed by atoms with van der Waals surface area (Å²) in [5.41, 5.74) is 6.27. The summed E-state index contributed by atoms with van der Waals surface area (Å²) in [5, 5.41) is 8.80. The first-order chi connectivity index (χ1) is 10.1. The van der Waals surface area contributed by atoms with Crippen LogP contribution in [0.2, 0.25) is 0 Å². The molecule has 21 heavy (non-hydrogen) atoms. The van der Waals surface area contributed by atoms with Crippen molar-refractivity contribution in [2.45, 2.75) is 0 Å².